The first-order valence-electron chi connectivity index (χ1n) is 2.28. The maximum absolute atomic E-state index is 4.94. The van der Waals surface area contributed by atoms with Gasteiger partial charge < -0.3 is 4.74 Å². The van der Waals surface area contributed by atoms with Crippen LogP contribution in [-0.2, 0) is 4.74 Å². The van der Waals surface area contributed by atoms with Crippen LogP contribution in [0.5, 0.6) is 0 Å². The van der Waals surface area contributed by atoms with E-state index in [1.807, 2.05) is 0 Å². The van der Waals surface area contributed by atoms with Gasteiger partial charge in [-0.3, -0.25) is 4.70 Å². The lowest BCUT2D eigenvalue weighted by atomic mass is 9.92. The molecule has 0 unspecified atom stereocenters. The Morgan fingerprint density at radius 3 is 1.57 bits per heavy atom. The van der Waals surface area contributed by atoms with Gasteiger partial charge in [0.1, 0.15) is 0 Å². The Balaban J connectivity index is 0.000000360. The Hall–Kier alpha value is -0.110. The van der Waals surface area contributed by atoms with Crippen LogP contribution in [0.2, 0.25) is 0 Å². The first kappa shape index (κ1) is 6.89. The summed E-state index contributed by atoms with van der Waals surface area (Å²) in [6.45, 7) is 6.31. The molecule has 1 heterocycles. The van der Waals surface area contributed by atoms with Gasteiger partial charge >= 0.3 is 0 Å². The summed E-state index contributed by atoms with van der Waals surface area (Å²) in [5, 5.41) is 0. The van der Waals surface area contributed by atoms with Crippen LogP contribution in [0.4, 0.5) is 4.70 Å². The molecule has 0 aromatic carbocycles. The summed E-state index contributed by atoms with van der Waals surface area (Å²) in [5.41, 5.74) is 0.500. The van der Waals surface area contributed by atoms with Crippen molar-refractivity contribution in [1.29, 1.82) is 0 Å². The third-order valence-electron chi connectivity index (χ3n) is 0.986. The number of rotatable bonds is 0. The summed E-state index contributed by atoms with van der Waals surface area (Å²) in [7, 11) is 0. The molecule has 0 atom stereocenters. The van der Waals surface area contributed by atoms with Crippen molar-refractivity contribution in [3.8, 4) is 0 Å². The minimum atomic E-state index is 0. The van der Waals surface area contributed by atoms with Gasteiger partial charge in [-0.25, -0.2) is 0 Å². The summed E-state index contributed by atoms with van der Waals surface area (Å²) in [6, 6.07) is 0. The fraction of sp³-hybridized carbons (Fsp3) is 1.00. The van der Waals surface area contributed by atoms with Crippen molar-refractivity contribution in [1.82, 2.24) is 0 Å². The lowest BCUT2D eigenvalue weighted by Crippen LogP contribution is -2.36. The molecule has 1 aliphatic heterocycles. The highest BCUT2D eigenvalue weighted by Crippen LogP contribution is 2.24. The molecule has 1 rings (SSSR count). The Morgan fingerprint density at radius 1 is 1.29 bits per heavy atom. The molecule has 0 aromatic heterocycles. The second-order valence-corrected chi connectivity index (χ2v) is 2.66. The molecule has 1 saturated heterocycles. The van der Waals surface area contributed by atoms with Crippen LogP contribution in [-0.4, -0.2) is 13.2 Å². The highest BCUT2D eigenvalue weighted by Gasteiger charge is 2.26. The van der Waals surface area contributed by atoms with E-state index in [1.165, 1.54) is 0 Å². The predicted molar refractivity (Wildman–Crippen MR) is 27.1 cm³/mol. The summed E-state index contributed by atoms with van der Waals surface area (Å²) >= 11 is 0. The summed E-state index contributed by atoms with van der Waals surface area (Å²) in [5.74, 6) is 0. The van der Waals surface area contributed by atoms with E-state index in [0.29, 0.717) is 5.41 Å². The monoisotopic (exact) mass is 106 g/mol. The Morgan fingerprint density at radius 2 is 1.57 bits per heavy atom. The Kier molecular flexibility index (Phi) is 1.75. The Labute approximate surface area is 43.0 Å². The normalized spacial score (nSPS) is 24.9. The number of hydrogen-bond donors (Lipinski definition) is 0. The van der Waals surface area contributed by atoms with Crippen LogP contribution in [0.15, 0.2) is 0 Å². The SMILES string of the molecule is CC1(C)COC1.F. The topological polar surface area (TPSA) is 9.23 Å². The van der Waals surface area contributed by atoms with E-state index in [0.717, 1.165) is 13.2 Å². The molecule has 7 heavy (non-hydrogen) atoms. The van der Waals surface area contributed by atoms with Crippen molar-refractivity contribution in [3.63, 3.8) is 0 Å². The van der Waals surface area contributed by atoms with E-state index < -0.39 is 0 Å². The first-order valence-corrected chi connectivity index (χ1v) is 2.28. The minimum Gasteiger partial charge on any atom is -0.380 e. The van der Waals surface area contributed by atoms with E-state index >= 15 is 0 Å². The highest BCUT2D eigenvalue weighted by molar-refractivity contribution is 4.73. The van der Waals surface area contributed by atoms with Crippen molar-refractivity contribution < 1.29 is 9.44 Å². The molecule has 1 aliphatic rings. The zero-order chi connectivity index (χ0) is 4.62. The highest BCUT2D eigenvalue weighted by atomic mass is 19.0. The number of ether oxygens (including phenoxy) is 1. The first-order chi connectivity index (χ1) is 2.71. The zero-order valence-electron chi connectivity index (χ0n) is 4.73. The predicted octanol–water partition coefficient (Wildman–Crippen LogP) is 1.20. The second kappa shape index (κ2) is 1.78. The number of halogens is 1. The minimum absolute atomic E-state index is 0. The molecular weight excluding hydrogens is 95.1 g/mol. The fourth-order valence-corrected chi connectivity index (χ4v) is 0.510. The molecule has 0 radical (unpaired) electrons. The van der Waals surface area contributed by atoms with E-state index in [-0.39, 0.29) is 4.70 Å². The van der Waals surface area contributed by atoms with Gasteiger partial charge in [0.25, 0.3) is 0 Å². The molecule has 0 aliphatic carbocycles. The quantitative estimate of drug-likeness (QED) is 0.450. The van der Waals surface area contributed by atoms with E-state index in [4.69, 9.17) is 4.74 Å². The fourth-order valence-electron chi connectivity index (χ4n) is 0.510. The largest absolute Gasteiger partial charge is 0.380 e. The van der Waals surface area contributed by atoms with Gasteiger partial charge in [-0.1, -0.05) is 13.8 Å². The lowest BCUT2D eigenvalue weighted by molar-refractivity contribution is -0.0892. The molecule has 0 N–H and O–H groups in total. The van der Waals surface area contributed by atoms with Crippen LogP contribution in [0.1, 0.15) is 13.8 Å². The van der Waals surface area contributed by atoms with Gasteiger partial charge in [0.05, 0.1) is 13.2 Å². The molecular formula is C5H11FO. The van der Waals surface area contributed by atoms with E-state index in [9.17, 15) is 0 Å². The van der Waals surface area contributed by atoms with Crippen LogP contribution in [0, 0.1) is 5.41 Å². The molecule has 0 spiro atoms. The van der Waals surface area contributed by atoms with Crippen LogP contribution >= 0.6 is 0 Å². The van der Waals surface area contributed by atoms with Gasteiger partial charge in [-0.05, 0) is 0 Å². The Bertz CT molecular complexity index is 55.1. The van der Waals surface area contributed by atoms with Crippen molar-refractivity contribution in [2.75, 3.05) is 13.2 Å². The van der Waals surface area contributed by atoms with Crippen LogP contribution in [0.3, 0.4) is 0 Å². The molecule has 1 fully saturated rings. The van der Waals surface area contributed by atoms with Gasteiger partial charge in [0, 0.05) is 5.41 Å². The standard InChI is InChI=1S/C5H10O.FH/c1-5(2)3-6-4-5;/h3-4H2,1-2H3;1H. The van der Waals surface area contributed by atoms with Crippen molar-refractivity contribution in [2.45, 2.75) is 13.8 Å². The molecule has 1 nitrogen and oxygen atoms in total. The molecule has 0 bridgehead atoms. The summed E-state index contributed by atoms with van der Waals surface area (Å²) < 4.78 is 4.94. The molecule has 0 aromatic rings. The molecule has 44 valence electrons. The summed E-state index contributed by atoms with van der Waals surface area (Å²) in [4.78, 5) is 0. The smallest absolute Gasteiger partial charge is 0.0539 e. The average molecular weight is 106 g/mol. The molecule has 0 amide bonds. The van der Waals surface area contributed by atoms with Gasteiger partial charge in [-0.2, -0.15) is 0 Å². The molecule has 2 heteroatoms. The third-order valence-corrected chi connectivity index (χ3v) is 0.986. The van der Waals surface area contributed by atoms with Gasteiger partial charge in [-0.15, -0.1) is 0 Å². The van der Waals surface area contributed by atoms with E-state index in [1.54, 1.807) is 0 Å². The maximum Gasteiger partial charge on any atom is 0.0539 e. The van der Waals surface area contributed by atoms with Crippen molar-refractivity contribution in [3.05, 3.63) is 0 Å². The van der Waals surface area contributed by atoms with E-state index in [2.05, 4.69) is 13.8 Å². The van der Waals surface area contributed by atoms with Gasteiger partial charge in [0.2, 0.25) is 0 Å². The molecule has 0 saturated carbocycles. The lowest BCUT2D eigenvalue weighted by Gasteiger charge is -2.33. The average Bonchev–Trinajstić information content (AvgIpc) is 1.32. The zero-order valence-corrected chi connectivity index (χ0v) is 4.73. The maximum atomic E-state index is 4.94. The number of hydrogen-bond acceptors (Lipinski definition) is 1. The summed E-state index contributed by atoms with van der Waals surface area (Å²) in [6.07, 6.45) is 0. The van der Waals surface area contributed by atoms with Crippen molar-refractivity contribution in [2.24, 2.45) is 5.41 Å². The van der Waals surface area contributed by atoms with Crippen LogP contribution in [0.25, 0.3) is 0 Å². The second-order valence-electron chi connectivity index (χ2n) is 2.66. The van der Waals surface area contributed by atoms with Crippen molar-refractivity contribution >= 4 is 0 Å². The van der Waals surface area contributed by atoms with Gasteiger partial charge in [0.15, 0.2) is 0 Å². The third kappa shape index (κ3) is 1.43. The van der Waals surface area contributed by atoms with Crippen LogP contribution < -0.4 is 0 Å².